The molecule has 0 heterocycles. The number of halogens is 4. The Labute approximate surface area is 287 Å². The van der Waals surface area contributed by atoms with Crippen LogP contribution >= 0.6 is 15.9 Å². The largest absolute Gasteiger partial charge is 0.416 e. The summed E-state index contributed by atoms with van der Waals surface area (Å²) in [6, 6.07) is 24.7. The summed E-state index contributed by atoms with van der Waals surface area (Å²) in [5.74, 6) is -1.25. The van der Waals surface area contributed by atoms with Gasteiger partial charge in [0, 0.05) is 23.0 Å². The highest BCUT2D eigenvalue weighted by Gasteiger charge is 2.37. The van der Waals surface area contributed by atoms with Gasteiger partial charge in [0.15, 0.2) is 0 Å². The first-order valence-electron chi connectivity index (χ1n) is 15.1. The van der Waals surface area contributed by atoms with E-state index in [0.717, 1.165) is 27.7 Å². The standard InChI is InChI=1S/C36H37BrF3N3O4S/c1-25-13-19-31(20-14-25)48(46,47)43(30-12-8-11-28(22-30)36(38,39)40)24-33(44)42(23-27-15-17-29(37)18-16-27)32(34(45)41-35(2,3)4)21-26-9-6-5-7-10-26/h5-20,22,32H,21,23-24H2,1-4H3,(H,41,45). The van der Waals surface area contributed by atoms with Crippen LogP contribution in [-0.2, 0) is 38.8 Å². The molecule has 1 N–H and O–H groups in total. The van der Waals surface area contributed by atoms with Gasteiger partial charge >= 0.3 is 6.18 Å². The smallest absolute Gasteiger partial charge is 0.350 e. The molecule has 254 valence electrons. The van der Waals surface area contributed by atoms with E-state index in [4.69, 9.17) is 0 Å². The number of sulfonamides is 1. The van der Waals surface area contributed by atoms with Gasteiger partial charge in [-0.3, -0.25) is 13.9 Å². The van der Waals surface area contributed by atoms with E-state index in [0.29, 0.717) is 15.9 Å². The minimum absolute atomic E-state index is 0.0812. The fraction of sp³-hybridized carbons (Fsp3) is 0.278. The van der Waals surface area contributed by atoms with Gasteiger partial charge in [-0.05, 0) is 81.3 Å². The average molecular weight is 745 g/mol. The number of amides is 2. The van der Waals surface area contributed by atoms with Crippen molar-refractivity contribution in [3.63, 3.8) is 0 Å². The number of hydrogen-bond donors (Lipinski definition) is 1. The zero-order chi connectivity index (χ0) is 35.3. The lowest BCUT2D eigenvalue weighted by Crippen LogP contribution is -2.56. The molecule has 1 unspecified atom stereocenters. The molecule has 0 aromatic heterocycles. The second kappa shape index (κ2) is 14.9. The van der Waals surface area contributed by atoms with Gasteiger partial charge in [0.05, 0.1) is 16.1 Å². The third kappa shape index (κ3) is 9.70. The normalized spacial score (nSPS) is 12.7. The van der Waals surface area contributed by atoms with Gasteiger partial charge in [0.2, 0.25) is 11.8 Å². The molecule has 0 aliphatic carbocycles. The minimum Gasteiger partial charge on any atom is -0.350 e. The first-order valence-corrected chi connectivity index (χ1v) is 17.3. The van der Waals surface area contributed by atoms with Crippen molar-refractivity contribution in [2.24, 2.45) is 0 Å². The molecule has 2 amide bonds. The summed E-state index contributed by atoms with van der Waals surface area (Å²) >= 11 is 3.40. The first kappa shape index (κ1) is 36.7. The Balaban J connectivity index is 1.85. The van der Waals surface area contributed by atoms with Crippen molar-refractivity contribution in [2.45, 2.75) is 63.3 Å². The summed E-state index contributed by atoms with van der Waals surface area (Å²) in [5.41, 5.74) is 0.0835. The van der Waals surface area contributed by atoms with E-state index in [1.54, 1.807) is 76.2 Å². The first-order chi connectivity index (χ1) is 22.4. The third-order valence-corrected chi connectivity index (χ3v) is 9.70. The number of alkyl halides is 3. The van der Waals surface area contributed by atoms with Gasteiger partial charge in [0.25, 0.3) is 10.0 Å². The lowest BCUT2D eigenvalue weighted by atomic mass is 10.0. The Morgan fingerprint density at radius 3 is 2.04 bits per heavy atom. The fourth-order valence-corrected chi connectivity index (χ4v) is 6.67. The van der Waals surface area contributed by atoms with Crippen molar-refractivity contribution in [3.8, 4) is 0 Å². The zero-order valence-corrected chi connectivity index (χ0v) is 29.4. The number of rotatable bonds is 11. The van der Waals surface area contributed by atoms with Crippen molar-refractivity contribution in [3.05, 3.63) is 130 Å². The lowest BCUT2D eigenvalue weighted by molar-refractivity contribution is -0.140. The van der Waals surface area contributed by atoms with Gasteiger partial charge in [-0.2, -0.15) is 13.2 Å². The highest BCUT2D eigenvalue weighted by molar-refractivity contribution is 9.10. The molecule has 0 radical (unpaired) electrons. The third-order valence-electron chi connectivity index (χ3n) is 7.38. The van der Waals surface area contributed by atoms with Crippen LogP contribution in [0.4, 0.5) is 18.9 Å². The number of benzene rings is 4. The Hall–Kier alpha value is -4.16. The maximum Gasteiger partial charge on any atom is 0.416 e. The molecular weight excluding hydrogens is 707 g/mol. The predicted octanol–water partition coefficient (Wildman–Crippen LogP) is 7.53. The predicted molar refractivity (Wildman–Crippen MR) is 184 cm³/mol. The molecule has 12 heteroatoms. The second-order valence-corrected chi connectivity index (χ2v) is 15.2. The number of nitrogens with one attached hydrogen (secondary N) is 1. The van der Waals surface area contributed by atoms with E-state index >= 15 is 0 Å². The summed E-state index contributed by atoms with van der Waals surface area (Å²) in [6.45, 7) is 6.21. The lowest BCUT2D eigenvalue weighted by Gasteiger charge is -2.35. The van der Waals surface area contributed by atoms with E-state index in [-0.39, 0.29) is 23.5 Å². The molecular formula is C36H37BrF3N3O4S. The molecule has 1 atom stereocenters. The van der Waals surface area contributed by atoms with Gasteiger partial charge in [-0.15, -0.1) is 0 Å². The second-order valence-electron chi connectivity index (χ2n) is 12.5. The fourth-order valence-electron chi connectivity index (χ4n) is 5.00. The average Bonchev–Trinajstić information content (AvgIpc) is 3.01. The highest BCUT2D eigenvalue weighted by atomic mass is 79.9. The van der Waals surface area contributed by atoms with Gasteiger partial charge in [0.1, 0.15) is 12.6 Å². The Kier molecular flexibility index (Phi) is 11.4. The van der Waals surface area contributed by atoms with Crippen LogP contribution in [0.3, 0.4) is 0 Å². The molecule has 0 aliphatic heterocycles. The van der Waals surface area contributed by atoms with Gasteiger partial charge < -0.3 is 10.2 Å². The number of carbonyl (C=O) groups is 2. The molecule has 4 rings (SSSR count). The number of aryl methyl sites for hydroxylation is 1. The molecule has 0 fully saturated rings. The molecule has 0 aliphatic rings. The summed E-state index contributed by atoms with van der Waals surface area (Å²) in [7, 11) is -4.56. The van der Waals surface area contributed by atoms with Crippen LogP contribution in [0.2, 0.25) is 0 Å². The summed E-state index contributed by atoms with van der Waals surface area (Å²) in [4.78, 5) is 29.6. The Bertz CT molecular complexity index is 1830. The SMILES string of the molecule is Cc1ccc(S(=O)(=O)N(CC(=O)N(Cc2ccc(Br)cc2)C(Cc2ccccc2)C(=O)NC(C)(C)C)c2cccc(C(F)(F)F)c2)cc1. The topological polar surface area (TPSA) is 86.8 Å². The van der Waals surface area contributed by atoms with Crippen LogP contribution in [0.5, 0.6) is 0 Å². The summed E-state index contributed by atoms with van der Waals surface area (Å²) in [5, 5.41) is 2.94. The maximum absolute atomic E-state index is 14.5. The van der Waals surface area contributed by atoms with Gasteiger partial charge in [-0.25, -0.2) is 8.42 Å². The van der Waals surface area contributed by atoms with E-state index in [1.807, 2.05) is 18.2 Å². The molecule has 7 nitrogen and oxygen atoms in total. The van der Waals surface area contributed by atoms with E-state index < -0.39 is 51.7 Å². The summed E-state index contributed by atoms with van der Waals surface area (Å²) in [6.07, 6.45) is -4.67. The Morgan fingerprint density at radius 1 is 0.833 bits per heavy atom. The number of carbonyl (C=O) groups excluding carboxylic acids is 2. The van der Waals surface area contributed by atoms with Crippen LogP contribution in [0.25, 0.3) is 0 Å². The minimum atomic E-state index is -4.77. The van der Waals surface area contributed by atoms with Crippen molar-refractivity contribution in [2.75, 3.05) is 10.8 Å². The van der Waals surface area contributed by atoms with E-state index in [9.17, 15) is 31.2 Å². The number of nitrogens with zero attached hydrogens (tertiary/aromatic N) is 2. The molecule has 0 saturated carbocycles. The molecule has 48 heavy (non-hydrogen) atoms. The monoisotopic (exact) mass is 743 g/mol. The molecule has 0 bridgehead atoms. The Morgan fingerprint density at radius 2 is 1.46 bits per heavy atom. The van der Waals surface area contributed by atoms with Gasteiger partial charge in [-0.1, -0.05) is 82.2 Å². The van der Waals surface area contributed by atoms with Crippen molar-refractivity contribution in [1.82, 2.24) is 10.2 Å². The molecule has 4 aromatic carbocycles. The van der Waals surface area contributed by atoms with E-state index in [1.165, 1.54) is 23.1 Å². The van der Waals surface area contributed by atoms with Crippen LogP contribution in [-0.4, -0.2) is 43.3 Å². The van der Waals surface area contributed by atoms with E-state index in [2.05, 4.69) is 21.2 Å². The van der Waals surface area contributed by atoms with Crippen LogP contribution < -0.4 is 9.62 Å². The van der Waals surface area contributed by atoms with Crippen LogP contribution in [0.1, 0.15) is 43.0 Å². The quantitative estimate of drug-likeness (QED) is 0.172. The molecule has 4 aromatic rings. The van der Waals surface area contributed by atoms with Crippen LogP contribution in [0.15, 0.2) is 112 Å². The maximum atomic E-state index is 14.5. The van der Waals surface area contributed by atoms with Crippen molar-refractivity contribution in [1.29, 1.82) is 0 Å². The van der Waals surface area contributed by atoms with Crippen molar-refractivity contribution >= 4 is 43.5 Å². The zero-order valence-electron chi connectivity index (χ0n) is 27.0. The number of anilines is 1. The molecule has 0 spiro atoms. The van der Waals surface area contributed by atoms with Crippen molar-refractivity contribution < 1.29 is 31.2 Å². The van der Waals surface area contributed by atoms with Crippen LogP contribution in [0, 0.1) is 6.92 Å². The highest BCUT2D eigenvalue weighted by Crippen LogP contribution is 2.33. The number of hydrogen-bond acceptors (Lipinski definition) is 4. The molecule has 0 saturated heterocycles. The summed E-state index contributed by atoms with van der Waals surface area (Å²) < 4.78 is 71.1.